The fraction of sp³-hybridized carbons (Fsp3) is 0.302. The minimum absolute atomic E-state index is 0.0872. The molecule has 2 heterocycles. The van der Waals surface area contributed by atoms with E-state index < -0.39 is 63.0 Å². The lowest BCUT2D eigenvalue weighted by atomic mass is 9.85. The number of aliphatic hydroxyl groups excluding tert-OH is 1. The van der Waals surface area contributed by atoms with Crippen molar-refractivity contribution in [3.63, 3.8) is 0 Å². The lowest BCUT2D eigenvalue weighted by Crippen LogP contribution is -2.57. The fourth-order valence-electron chi connectivity index (χ4n) is 6.53. The van der Waals surface area contributed by atoms with Gasteiger partial charge < -0.3 is 36.4 Å². The highest BCUT2D eigenvalue weighted by atomic mass is 32.2. The number of aliphatic hydroxyl groups is 1. The van der Waals surface area contributed by atoms with Crippen molar-refractivity contribution >= 4 is 68.4 Å². The number of carboxylic acid groups (broad SMARTS) is 1. The predicted octanol–water partition coefficient (Wildman–Crippen LogP) is 4.07. The van der Waals surface area contributed by atoms with Crippen LogP contribution in [-0.2, 0) is 42.1 Å². The summed E-state index contributed by atoms with van der Waals surface area (Å²) in [7, 11) is -3.43. The highest BCUT2D eigenvalue weighted by molar-refractivity contribution is 7.92. The molecule has 1 aliphatic heterocycles. The Hall–Kier alpha value is -6.17. The summed E-state index contributed by atoms with van der Waals surface area (Å²) in [6.45, 7) is 5.93. The molecule has 3 unspecified atom stereocenters. The van der Waals surface area contributed by atoms with Gasteiger partial charge in [0, 0.05) is 36.7 Å². The van der Waals surface area contributed by atoms with E-state index in [-0.39, 0.29) is 45.8 Å². The second kappa shape index (κ2) is 18.8. The van der Waals surface area contributed by atoms with Gasteiger partial charge in [-0.15, -0.1) is 11.3 Å². The standard InChI is InChI=1S/C43H47N5O10S2/c1-43(2,3)37(46-34(49)21-13-26-11-14-29(15-12-26)36(50)42(55)56)41(54)47-23-5-6-32(47)40(53)48(31-18-16-30(17-19-31)38(44)51)25-28-9-7-27(8-10-28)24-45-39(52)33-20-22-35(59-33)60(4,57)58/h7-22,32,36-37,50H,5-6,23-25H2,1-4H3,(H2,44,51)(H,45,52)(H,46,49)(H,55,56)/b21-13+. The van der Waals surface area contributed by atoms with Crippen LogP contribution in [-0.4, -0.2) is 83.9 Å². The van der Waals surface area contributed by atoms with E-state index in [4.69, 9.17) is 10.8 Å². The molecule has 316 valence electrons. The largest absolute Gasteiger partial charge is 0.479 e. The van der Waals surface area contributed by atoms with Gasteiger partial charge in [-0.25, -0.2) is 13.2 Å². The first-order valence-corrected chi connectivity index (χ1v) is 21.6. The number of likely N-dealkylation sites (tertiary alicyclic amines) is 1. The summed E-state index contributed by atoms with van der Waals surface area (Å²) in [6.07, 6.45) is 3.04. The summed E-state index contributed by atoms with van der Waals surface area (Å²) in [5, 5.41) is 24.4. The molecule has 1 aromatic heterocycles. The van der Waals surface area contributed by atoms with Gasteiger partial charge in [-0.1, -0.05) is 69.3 Å². The molecule has 5 amide bonds. The van der Waals surface area contributed by atoms with Crippen LogP contribution in [0.3, 0.4) is 0 Å². The number of sulfone groups is 1. The number of benzene rings is 3. The maximum absolute atomic E-state index is 14.6. The maximum atomic E-state index is 14.6. The zero-order chi connectivity index (χ0) is 43.9. The number of carbonyl (C=O) groups is 6. The van der Waals surface area contributed by atoms with Crippen molar-refractivity contribution in [2.45, 2.75) is 69.1 Å². The summed E-state index contributed by atoms with van der Waals surface area (Å²) < 4.78 is 23.7. The monoisotopic (exact) mass is 857 g/mol. The van der Waals surface area contributed by atoms with Gasteiger partial charge in [0.1, 0.15) is 16.3 Å². The Bertz CT molecular complexity index is 2390. The lowest BCUT2D eigenvalue weighted by Gasteiger charge is -2.36. The number of nitrogens with two attached hydrogens (primary N) is 1. The van der Waals surface area contributed by atoms with E-state index in [1.165, 1.54) is 58.4 Å². The van der Waals surface area contributed by atoms with Crippen LogP contribution < -0.4 is 21.3 Å². The van der Waals surface area contributed by atoms with E-state index in [9.17, 15) is 42.3 Å². The minimum atomic E-state index is -3.43. The van der Waals surface area contributed by atoms with Gasteiger partial charge in [-0.2, -0.15) is 0 Å². The van der Waals surface area contributed by atoms with E-state index in [0.717, 1.165) is 28.7 Å². The first-order valence-electron chi connectivity index (χ1n) is 18.9. The van der Waals surface area contributed by atoms with E-state index in [2.05, 4.69) is 10.6 Å². The number of aliphatic carboxylic acids is 1. The molecule has 1 fully saturated rings. The smallest absolute Gasteiger partial charge is 0.337 e. The molecule has 0 aliphatic carbocycles. The van der Waals surface area contributed by atoms with Gasteiger partial charge in [0.05, 0.1) is 11.4 Å². The molecule has 0 bridgehead atoms. The van der Waals surface area contributed by atoms with Crippen LogP contribution in [0, 0.1) is 5.41 Å². The summed E-state index contributed by atoms with van der Waals surface area (Å²) >= 11 is 0.887. The van der Waals surface area contributed by atoms with Crippen molar-refractivity contribution in [3.8, 4) is 0 Å². The number of hydrogen-bond acceptors (Lipinski definition) is 10. The van der Waals surface area contributed by atoms with Crippen LogP contribution in [0.1, 0.15) is 82.0 Å². The quantitative estimate of drug-likeness (QED) is 0.108. The van der Waals surface area contributed by atoms with Gasteiger partial charge in [0.15, 0.2) is 15.9 Å². The van der Waals surface area contributed by atoms with Gasteiger partial charge >= 0.3 is 5.97 Å². The molecular weight excluding hydrogens is 811 g/mol. The Balaban J connectivity index is 1.31. The molecule has 17 heteroatoms. The van der Waals surface area contributed by atoms with Crippen molar-refractivity contribution in [3.05, 3.63) is 124 Å². The number of anilines is 1. The second-order valence-electron chi connectivity index (χ2n) is 15.5. The summed E-state index contributed by atoms with van der Waals surface area (Å²) in [5.74, 6) is -3.81. The normalized spacial score (nSPS) is 15.3. The van der Waals surface area contributed by atoms with Crippen molar-refractivity contribution in [2.75, 3.05) is 17.7 Å². The van der Waals surface area contributed by atoms with E-state index in [1.807, 2.05) is 0 Å². The number of rotatable bonds is 15. The van der Waals surface area contributed by atoms with Crippen LogP contribution in [0.4, 0.5) is 5.69 Å². The van der Waals surface area contributed by atoms with Crippen LogP contribution >= 0.6 is 11.3 Å². The van der Waals surface area contributed by atoms with Crippen LogP contribution in [0.5, 0.6) is 0 Å². The zero-order valence-corrected chi connectivity index (χ0v) is 35.1. The number of nitrogens with one attached hydrogen (secondary N) is 2. The predicted molar refractivity (Wildman–Crippen MR) is 225 cm³/mol. The fourth-order valence-corrected chi connectivity index (χ4v) is 8.38. The first-order chi connectivity index (χ1) is 28.2. The van der Waals surface area contributed by atoms with Crippen molar-refractivity contribution in [1.29, 1.82) is 0 Å². The molecule has 3 atom stereocenters. The van der Waals surface area contributed by atoms with Gasteiger partial charge in [-0.3, -0.25) is 24.0 Å². The van der Waals surface area contributed by atoms with Gasteiger partial charge in [0.25, 0.3) is 5.91 Å². The molecule has 1 aliphatic rings. The number of nitrogens with zero attached hydrogens (tertiary/aromatic N) is 2. The molecule has 5 rings (SSSR count). The highest BCUT2D eigenvalue weighted by Crippen LogP contribution is 2.29. The highest BCUT2D eigenvalue weighted by Gasteiger charge is 2.43. The van der Waals surface area contributed by atoms with E-state index in [0.29, 0.717) is 24.1 Å². The van der Waals surface area contributed by atoms with E-state index in [1.54, 1.807) is 69.3 Å². The zero-order valence-electron chi connectivity index (χ0n) is 33.5. The molecule has 4 aromatic rings. The Morgan fingerprint density at radius 1 is 0.933 bits per heavy atom. The second-order valence-corrected chi connectivity index (χ2v) is 18.8. The Morgan fingerprint density at radius 3 is 2.13 bits per heavy atom. The Kier molecular flexibility index (Phi) is 14.1. The van der Waals surface area contributed by atoms with Crippen molar-refractivity contribution in [1.82, 2.24) is 15.5 Å². The molecule has 1 saturated heterocycles. The third-order valence-corrected chi connectivity index (χ3v) is 12.8. The SMILES string of the molecule is CC(C)(C)C(NC(=O)/C=C/c1ccc(C(O)C(=O)O)cc1)C(=O)N1CCCC1C(=O)N(Cc1ccc(CNC(=O)c2ccc(S(C)(=O)=O)s2)cc1)c1ccc(C(N)=O)cc1. The molecule has 0 spiro atoms. The molecular formula is C43H47N5O10S2. The molecule has 15 nitrogen and oxygen atoms in total. The summed E-state index contributed by atoms with van der Waals surface area (Å²) in [5.41, 5.74) is 7.64. The van der Waals surface area contributed by atoms with Crippen molar-refractivity contribution < 1.29 is 47.4 Å². The molecule has 0 saturated carbocycles. The lowest BCUT2D eigenvalue weighted by molar-refractivity contribution is -0.147. The van der Waals surface area contributed by atoms with Crippen LogP contribution in [0.2, 0.25) is 0 Å². The van der Waals surface area contributed by atoms with Crippen LogP contribution in [0.25, 0.3) is 6.08 Å². The third-order valence-electron chi connectivity index (χ3n) is 9.85. The van der Waals surface area contributed by atoms with Crippen LogP contribution in [0.15, 0.2) is 95.2 Å². The van der Waals surface area contributed by atoms with E-state index >= 15 is 0 Å². The topological polar surface area (TPSA) is 234 Å². The number of carbonyl (C=O) groups excluding carboxylic acids is 5. The summed E-state index contributed by atoms with van der Waals surface area (Å²) in [6, 6.07) is 20.4. The number of hydrogen-bond donors (Lipinski definition) is 5. The average molecular weight is 858 g/mol. The number of thiophene rings is 1. The first kappa shape index (κ1) is 44.9. The van der Waals surface area contributed by atoms with Crippen molar-refractivity contribution in [2.24, 2.45) is 11.1 Å². The third kappa shape index (κ3) is 11.3. The summed E-state index contributed by atoms with van der Waals surface area (Å²) in [4.78, 5) is 81.1. The Labute approximate surface area is 351 Å². The van der Waals surface area contributed by atoms with Gasteiger partial charge in [0.2, 0.25) is 23.6 Å². The Morgan fingerprint density at radius 2 is 1.57 bits per heavy atom. The average Bonchev–Trinajstić information content (AvgIpc) is 3.92. The van der Waals surface area contributed by atoms with Gasteiger partial charge in [-0.05, 0) is 83.0 Å². The minimum Gasteiger partial charge on any atom is -0.479 e. The number of carboxylic acids is 1. The number of amides is 5. The molecule has 6 N–H and O–H groups in total. The maximum Gasteiger partial charge on any atom is 0.337 e. The molecule has 0 radical (unpaired) electrons. The number of primary amides is 1. The molecule has 60 heavy (non-hydrogen) atoms. The molecule has 3 aromatic carbocycles.